The van der Waals surface area contributed by atoms with E-state index < -0.39 is 27.0 Å². The molecule has 3 aliphatic rings. The summed E-state index contributed by atoms with van der Waals surface area (Å²) >= 11 is 1.64. The van der Waals surface area contributed by atoms with Crippen molar-refractivity contribution in [1.29, 1.82) is 0 Å². The van der Waals surface area contributed by atoms with Crippen LogP contribution in [0.2, 0.25) is 16.6 Å². The fourth-order valence-electron chi connectivity index (χ4n) is 8.23. The molecular formula is C36H43N5OSSi. The van der Waals surface area contributed by atoms with Crippen molar-refractivity contribution in [3.63, 3.8) is 0 Å². The van der Waals surface area contributed by atoms with Crippen LogP contribution in [0.25, 0.3) is 21.5 Å². The fourth-order valence-corrected chi connectivity index (χ4v) is 14.5. The zero-order chi connectivity index (χ0) is 33.6. The van der Waals surface area contributed by atoms with Crippen molar-refractivity contribution in [2.45, 2.75) is 101 Å². The Balaban J connectivity index is 1.43. The first kappa shape index (κ1) is 26.0. The molecule has 2 aromatic carbocycles. The number of fused-ring (bicyclic) bond motifs is 9. The van der Waals surface area contributed by atoms with E-state index in [-0.39, 0.29) is 11.6 Å². The van der Waals surface area contributed by atoms with Gasteiger partial charge in [0.15, 0.2) is 0 Å². The number of aromatic nitrogens is 3. The highest BCUT2D eigenvalue weighted by molar-refractivity contribution is 7.15. The Kier molecular flexibility index (Phi) is 6.15. The van der Waals surface area contributed by atoms with Crippen LogP contribution in [-0.2, 0) is 5.54 Å². The Morgan fingerprint density at radius 2 is 1.84 bits per heavy atom. The zero-order valence-corrected chi connectivity index (χ0v) is 28.3. The number of benzene rings is 2. The minimum atomic E-state index is -2.64. The number of thiazole rings is 1. The topological polar surface area (TPSA) is 77.0 Å². The van der Waals surface area contributed by atoms with Crippen LogP contribution < -0.4 is 5.73 Å². The zero-order valence-electron chi connectivity index (χ0n) is 29.4. The van der Waals surface area contributed by atoms with Crippen LogP contribution >= 0.6 is 11.3 Å². The lowest BCUT2D eigenvalue weighted by molar-refractivity contribution is 0.0734. The molecular weight excluding hydrogens is 579 g/mol. The molecule has 1 amide bonds. The summed E-state index contributed by atoms with van der Waals surface area (Å²) in [6.07, 6.45) is 5.37. The number of carbonyl (C=O) groups excluding carboxylic acids is 1. The van der Waals surface area contributed by atoms with Crippen molar-refractivity contribution in [1.82, 2.24) is 19.4 Å². The van der Waals surface area contributed by atoms with E-state index in [1.807, 2.05) is 30.5 Å². The van der Waals surface area contributed by atoms with Gasteiger partial charge in [-0.1, -0.05) is 59.6 Å². The van der Waals surface area contributed by atoms with Gasteiger partial charge in [0.1, 0.15) is 18.9 Å². The Morgan fingerprint density at radius 1 is 1.09 bits per heavy atom. The first-order valence-electron chi connectivity index (χ1n) is 17.4. The maximum atomic E-state index is 14.2. The lowest BCUT2D eigenvalue weighted by Gasteiger charge is -2.38. The molecule has 8 heteroatoms. The number of imidazole rings is 1. The normalized spacial score (nSPS) is 21.8. The highest BCUT2D eigenvalue weighted by Gasteiger charge is 2.45. The molecule has 2 N–H and O–H groups in total. The summed E-state index contributed by atoms with van der Waals surface area (Å²) in [5, 5.41) is 0.970. The van der Waals surface area contributed by atoms with Crippen LogP contribution in [-0.4, -0.2) is 40.4 Å². The molecule has 228 valence electrons. The maximum Gasteiger partial charge on any atom is 0.254 e. The van der Waals surface area contributed by atoms with Gasteiger partial charge >= 0.3 is 0 Å². The third-order valence-corrected chi connectivity index (χ3v) is 18.3. The van der Waals surface area contributed by atoms with E-state index in [0.29, 0.717) is 34.4 Å². The molecule has 6 nitrogen and oxygen atoms in total. The SMILES string of the molecule is [2H]C([2H])([2H])N1C(=O)c2cccc(C#C[Si](C(C)C)(C(C)C)C(C)C)c2[C@H]2C[C@@H]1c1nc3ccc(-c4cnc(C5(N)CCC5)s4)cc3n12. The molecule has 1 fully saturated rings. The molecule has 1 saturated carbocycles. The summed E-state index contributed by atoms with van der Waals surface area (Å²) in [5.74, 6) is 3.75. The van der Waals surface area contributed by atoms with Crippen molar-refractivity contribution in [3.05, 3.63) is 70.1 Å². The third kappa shape index (κ3) is 4.19. The lowest BCUT2D eigenvalue weighted by atomic mass is 9.78. The second kappa shape index (κ2) is 10.4. The predicted octanol–water partition coefficient (Wildman–Crippen LogP) is 8.19. The molecule has 2 atom stereocenters. The number of carbonyl (C=O) groups is 1. The Labute approximate surface area is 270 Å². The van der Waals surface area contributed by atoms with Gasteiger partial charge in [0.2, 0.25) is 0 Å². The molecule has 0 unspecified atom stereocenters. The standard InChI is InChI=1S/C36H43N5OSSi/c1-21(2)44(22(3)4,23(5)6)17-14-24-10-8-11-26-32(24)29-19-30(40(7)34(26)42)33-39-27-13-12-25(18-28(27)41(29)33)31-20-38-35(43-31)36(37)15-9-16-36/h8,10-13,18,20-23,29-30H,9,15-16,19,37H2,1-7H3/t29-,30-/m1/s1/i7D3. The van der Waals surface area contributed by atoms with E-state index >= 15 is 0 Å². The number of hydrogen-bond donors (Lipinski definition) is 1. The molecule has 44 heavy (non-hydrogen) atoms. The second-order valence-corrected chi connectivity index (χ2v) is 20.6. The molecule has 7 rings (SSSR count). The molecule has 2 aromatic heterocycles. The number of hydrogen-bond acceptors (Lipinski definition) is 5. The maximum absolute atomic E-state index is 14.2. The summed E-state index contributed by atoms with van der Waals surface area (Å²) in [7, 11) is -2.09. The van der Waals surface area contributed by atoms with E-state index in [9.17, 15) is 4.79 Å². The Hall–Kier alpha value is -3.25. The summed E-state index contributed by atoms with van der Waals surface area (Å²) in [6, 6.07) is 10.8. The monoisotopic (exact) mass is 624 g/mol. The number of amides is 1. The van der Waals surface area contributed by atoms with Crippen molar-refractivity contribution in [2.75, 3.05) is 6.98 Å². The third-order valence-electron chi connectivity index (χ3n) is 10.7. The van der Waals surface area contributed by atoms with Crippen LogP contribution in [0.5, 0.6) is 0 Å². The van der Waals surface area contributed by atoms with E-state index in [4.69, 9.17) is 19.8 Å². The van der Waals surface area contributed by atoms with E-state index in [0.717, 1.165) is 61.8 Å². The van der Waals surface area contributed by atoms with Crippen molar-refractivity contribution >= 4 is 36.4 Å². The Morgan fingerprint density at radius 3 is 2.50 bits per heavy atom. The average molecular weight is 625 g/mol. The van der Waals surface area contributed by atoms with Gasteiger partial charge in [-0.15, -0.1) is 16.9 Å². The molecule has 4 heterocycles. The molecule has 0 radical (unpaired) electrons. The van der Waals surface area contributed by atoms with Gasteiger partial charge in [-0.2, -0.15) is 0 Å². The molecule has 4 aromatic rings. The first-order valence-corrected chi connectivity index (χ1v) is 19.0. The molecule has 2 bridgehead atoms. The molecule has 0 saturated heterocycles. The summed E-state index contributed by atoms with van der Waals surface area (Å²) in [4.78, 5) is 26.0. The quantitative estimate of drug-likeness (QED) is 0.179. The number of nitrogens with zero attached hydrogens (tertiary/aromatic N) is 4. The van der Waals surface area contributed by atoms with Crippen molar-refractivity contribution < 1.29 is 8.91 Å². The van der Waals surface area contributed by atoms with E-state index in [1.54, 1.807) is 17.4 Å². The van der Waals surface area contributed by atoms with Gasteiger partial charge in [0.05, 0.1) is 33.5 Å². The van der Waals surface area contributed by atoms with Crippen molar-refractivity contribution in [3.8, 4) is 21.9 Å². The minimum absolute atomic E-state index is 0.292. The van der Waals surface area contributed by atoms with E-state index in [2.05, 4.69) is 63.6 Å². The number of rotatable bonds is 5. The highest BCUT2D eigenvalue weighted by Crippen LogP contribution is 2.49. The van der Waals surface area contributed by atoms with E-state index in [1.165, 1.54) is 0 Å². The van der Waals surface area contributed by atoms with Gasteiger partial charge in [-0.3, -0.25) is 4.79 Å². The summed E-state index contributed by atoms with van der Waals surface area (Å²) in [6.45, 7) is 11.1. The largest absolute Gasteiger partial charge is 0.331 e. The fraction of sp³-hybridized carbons (Fsp3) is 0.472. The first-order chi connectivity index (χ1) is 22.2. The van der Waals surface area contributed by atoms with Gasteiger partial charge in [-0.25, -0.2) is 9.97 Å². The van der Waals surface area contributed by atoms with Crippen LogP contribution in [0.4, 0.5) is 0 Å². The van der Waals surface area contributed by atoms with Gasteiger partial charge in [0, 0.05) is 40.4 Å². The predicted molar refractivity (Wildman–Crippen MR) is 183 cm³/mol. The van der Waals surface area contributed by atoms with Crippen LogP contribution in [0.1, 0.15) is 116 Å². The van der Waals surface area contributed by atoms with Gasteiger partial charge in [-0.05, 0) is 65.7 Å². The van der Waals surface area contributed by atoms with Crippen molar-refractivity contribution in [2.24, 2.45) is 5.73 Å². The molecule has 2 aliphatic heterocycles. The summed E-state index contributed by atoms with van der Waals surface area (Å²) in [5.41, 5.74) is 16.2. The average Bonchev–Trinajstić information content (AvgIpc) is 3.68. The van der Waals surface area contributed by atoms with Crippen LogP contribution in [0, 0.1) is 11.5 Å². The lowest BCUT2D eigenvalue weighted by Crippen LogP contribution is -2.43. The van der Waals surface area contributed by atoms with Gasteiger partial charge in [0.25, 0.3) is 5.91 Å². The van der Waals surface area contributed by atoms with Crippen LogP contribution in [0.3, 0.4) is 0 Å². The molecule has 0 spiro atoms. The second-order valence-electron chi connectivity index (χ2n) is 13.9. The Bertz CT molecular complexity index is 1940. The molecule has 1 aliphatic carbocycles. The number of nitrogens with two attached hydrogens (primary N) is 1. The van der Waals surface area contributed by atoms with Crippen LogP contribution in [0.15, 0.2) is 42.6 Å². The smallest absolute Gasteiger partial charge is 0.254 e. The highest BCUT2D eigenvalue weighted by atomic mass is 32.1. The van der Waals surface area contributed by atoms with Gasteiger partial charge < -0.3 is 15.2 Å². The summed E-state index contributed by atoms with van der Waals surface area (Å²) < 4.78 is 27.6. The minimum Gasteiger partial charge on any atom is -0.331 e.